The van der Waals surface area contributed by atoms with E-state index >= 15 is 0 Å². The molecule has 148 valence electrons. The van der Waals surface area contributed by atoms with E-state index in [1.807, 2.05) is 18.2 Å². The number of furan rings is 1. The number of ether oxygens (including phenoxy) is 1. The van der Waals surface area contributed by atoms with Crippen LogP contribution in [0.4, 0.5) is 16.2 Å². The van der Waals surface area contributed by atoms with Crippen molar-refractivity contribution >= 4 is 34.2 Å². The second-order valence-corrected chi connectivity index (χ2v) is 6.25. The highest BCUT2D eigenvalue weighted by atomic mass is 16.5. The molecule has 0 saturated heterocycles. The zero-order chi connectivity index (χ0) is 20.9. The maximum Gasteiger partial charge on any atom is 0.323 e. The first-order valence-corrected chi connectivity index (χ1v) is 9.09. The number of carbonyl (C=O) groups is 1. The summed E-state index contributed by atoms with van der Waals surface area (Å²) in [6.07, 6.45) is 2.83. The monoisotopic (exact) mass is 398 g/mol. The lowest BCUT2D eigenvalue weighted by Gasteiger charge is -2.11. The standard InChI is InChI=1S/C23H18N4O3/c1-3-29-15(2)21-22(20-10-7-13-30-20)26-18-12-11-17(14-19(18)27-21)25-23(28)24-16-8-5-4-6-9-16/h3-14H,1-2H2,(H2,24,25,28). The van der Waals surface area contributed by atoms with Gasteiger partial charge in [-0.05, 0) is 42.5 Å². The maximum atomic E-state index is 12.3. The normalized spacial score (nSPS) is 10.4. The van der Waals surface area contributed by atoms with Crippen LogP contribution in [0, 0.1) is 0 Å². The molecule has 0 radical (unpaired) electrons. The van der Waals surface area contributed by atoms with E-state index in [0.29, 0.717) is 39.6 Å². The fourth-order valence-electron chi connectivity index (χ4n) is 2.88. The average Bonchev–Trinajstić information content (AvgIpc) is 3.28. The fourth-order valence-corrected chi connectivity index (χ4v) is 2.88. The first-order valence-electron chi connectivity index (χ1n) is 9.09. The Morgan fingerprint density at radius 2 is 1.77 bits per heavy atom. The van der Waals surface area contributed by atoms with Gasteiger partial charge in [0, 0.05) is 11.4 Å². The summed E-state index contributed by atoms with van der Waals surface area (Å²) in [7, 11) is 0. The summed E-state index contributed by atoms with van der Waals surface area (Å²) in [5.41, 5.74) is 3.37. The lowest BCUT2D eigenvalue weighted by molar-refractivity contribution is 0.262. The van der Waals surface area contributed by atoms with Crippen LogP contribution in [0.25, 0.3) is 28.2 Å². The van der Waals surface area contributed by atoms with Gasteiger partial charge >= 0.3 is 6.03 Å². The van der Waals surface area contributed by atoms with E-state index in [1.165, 1.54) is 6.26 Å². The number of hydrogen-bond donors (Lipinski definition) is 2. The SMILES string of the molecule is C=COC(=C)c1nc2cc(NC(=O)Nc3ccccc3)ccc2nc1-c1ccco1. The number of aromatic nitrogens is 2. The number of benzene rings is 2. The second-order valence-electron chi connectivity index (χ2n) is 6.25. The molecule has 0 aliphatic rings. The van der Waals surface area contributed by atoms with Crippen LogP contribution in [0.1, 0.15) is 5.69 Å². The van der Waals surface area contributed by atoms with Gasteiger partial charge in [-0.15, -0.1) is 0 Å². The molecule has 0 atom stereocenters. The molecule has 2 heterocycles. The van der Waals surface area contributed by atoms with Crippen molar-refractivity contribution in [2.24, 2.45) is 0 Å². The van der Waals surface area contributed by atoms with Gasteiger partial charge in [0.25, 0.3) is 0 Å². The van der Waals surface area contributed by atoms with Crippen LogP contribution in [0.15, 0.2) is 90.8 Å². The molecular formula is C23H18N4O3. The van der Waals surface area contributed by atoms with E-state index in [0.717, 1.165) is 0 Å². The zero-order valence-corrected chi connectivity index (χ0v) is 16.0. The topological polar surface area (TPSA) is 89.3 Å². The van der Waals surface area contributed by atoms with Crippen molar-refractivity contribution < 1.29 is 13.9 Å². The van der Waals surface area contributed by atoms with Crippen molar-refractivity contribution in [3.05, 3.63) is 92.0 Å². The van der Waals surface area contributed by atoms with Gasteiger partial charge in [0.15, 0.2) is 5.76 Å². The van der Waals surface area contributed by atoms with Crippen LogP contribution in [-0.4, -0.2) is 16.0 Å². The third-order valence-electron chi connectivity index (χ3n) is 4.20. The molecule has 0 saturated carbocycles. The molecule has 2 aromatic carbocycles. The lowest BCUT2D eigenvalue weighted by atomic mass is 10.2. The Hall–Kier alpha value is -4.39. The number of rotatable bonds is 6. The summed E-state index contributed by atoms with van der Waals surface area (Å²) in [4.78, 5) is 21.6. The summed E-state index contributed by atoms with van der Waals surface area (Å²) in [5, 5.41) is 5.56. The van der Waals surface area contributed by atoms with E-state index in [4.69, 9.17) is 9.15 Å². The van der Waals surface area contributed by atoms with Gasteiger partial charge in [-0.1, -0.05) is 31.4 Å². The van der Waals surface area contributed by atoms with Crippen molar-refractivity contribution in [1.82, 2.24) is 9.97 Å². The van der Waals surface area contributed by atoms with Crippen molar-refractivity contribution in [2.45, 2.75) is 0 Å². The minimum absolute atomic E-state index is 0.283. The number of amides is 2. The quantitative estimate of drug-likeness (QED) is 0.409. The van der Waals surface area contributed by atoms with E-state index in [9.17, 15) is 4.79 Å². The molecule has 4 aromatic rings. The third-order valence-corrected chi connectivity index (χ3v) is 4.20. The highest BCUT2D eigenvalue weighted by molar-refractivity contribution is 6.00. The Kier molecular flexibility index (Phi) is 5.25. The Morgan fingerprint density at radius 1 is 0.967 bits per heavy atom. The molecule has 30 heavy (non-hydrogen) atoms. The van der Waals surface area contributed by atoms with Gasteiger partial charge in [0.2, 0.25) is 0 Å². The molecule has 0 unspecified atom stereocenters. The highest BCUT2D eigenvalue weighted by Crippen LogP contribution is 2.29. The Balaban J connectivity index is 1.66. The van der Waals surface area contributed by atoms with Crippen molar-refractivity contribution in [1.29, 1.82) is 0 Å². The van der Waals surface area contributed by atoms with Crippen LogP contribution in [0.2, 0.25) is 0 Å². The Bertz CT molecular complexity index is 1220. The van der Waals surface area contributed by atoms with Crippen LogP contribution in [-0.2, 0) is 4.74 Å². The largest absolute Gasteiger partial charge is 0.464 e. The smallest absolute Gasteiger partial charge is 0.323 e. The van der Waals surface area contributed by atoms with Crippen LogP contribution in [0.5, 0.6) is 0 Å². The second kappa shape index (κ2) is 8.32. The zero-order valence-electron chi connectivity index (χ0n) is 16.0. The minimum atomic E-state index is -0.361. The number of anilines is 2. The Morgan fingerprint density at radius 3 is 2.50 bits per heavy atom. The van der Waals surface area contributed by atoms with E-state index in [1.54, 1.807) is 48.7 Å². The number of hydrogen-bond acceptors (Lipinski definition) is 5. The van der Waals surface area contributed by atoms with Crippen LogP contribution >= 0.6 is 0 Å². The number of urea groups is 1. The number of nitrogens with one attached hydrogen (secondary N) is 2. The predicted octanol–water partition coefficient (Wildman–Crippen LogP) is 5.66. The van der Waals surface area contributed by atoms with Crippen molar-refractivity contribution in [3.8, 4) is 11.5 Å². The maximum absolute atomic E-state index is 12.3. The van der Waals surface area contributed by atoms with Gasteiger partial charge in [0.1, 0.15) is 17.1 Å². The number of carbonyl (C=O) groups excluding carboxylic acids is 1. The van der Waals surface area contributed by atoms with Gasteiger partial charge < -0.3 is 19.8 Å². The summed E-state index contributed by atoms with van der Waals surface area (Å²) >= 11 is 0. The molecule has 2 amide bonds. The average molecular weight is 398 g/mol. The summed E-state index contributed by atoms with van der Waals surface area (Å²) in [6, 6.07) is 17.6. The summed E-state index contributed by atoms with van der Waals surface area (Å²) < 4.78 is 10.8. The number of fused-ring (bicyclic) bond motifs is 1. The van der Waals surface area contributed by atoms with Gasteiger partial charge in [-0.2, -0.15) is 0 Å². The summed E-state index contributed by atoms with van der Waals surface area (Å²) in [5.74, 6) is 0.823. The molecule has 0 aliphatic carbocycles. The fraction of sp³-hybridized carbons (Fsp3) is 0. The van der Waals surface area contributed by atoms with Gasteiger partial charge in [-0.25, -0.2) is 14.8 Å². The molecule has 0 aliphatic heterocycles. The summed E-state index contributed by atoms with van der Waals surface area (Å²) in [6.45, 7) is 7.45. The molecular weight excluding hydrogens is 380 g/mol. The third kappa shape index (κ3) is 4.05. The Labute approximate surface area is 172 Å². The van der Waals surface area contributed by atoms with Crippen molar-refractivity contribution in [3.63, 3.8) is 0 Å². The molecule has 0 bridgehead atoms. The number of para-hydroxylation sites is 1. The van der Waals surface area contributed by atoms with E-state index in [-0.39, 0.29) is 11.8 Å². The molecule has 2 N–H and O–H groups in total. The van der Waals surface area contributed by atoms with Crippen LogP contribution in [0.3, 0.4) is 0 Å². The molecule has 7 heteroatoms. The molecule has 2 aromatic heterocycles. The predicted molar refractivity (Wildman–Crippen MR) is 117 cm³/mol. The molecule has 0 fully saturated rings. The van der Waals surface area contributed by atoms with Crippen LogP contribution < -0.4 is 10.6 Å². The molecule has 0 spiro atoms. The van der Waals surface area contributed by atoms with E-state index < -0.39 is 0 Å². The first kappa shape index (κ1) is 18.9. The van der Waals surface area contributed by atoms with Gasteiger partial charge in [-0.3, -0.25) is 0 Å². The van der Waals surface area contributed by atoms with Crippen molar-refractivity contribution in [2.75, 3.05) is 10.6 Å². The number of nitrogens with zero attached hydrogens (tertiary/aromatic N) is 2. The van der Waals surface area contributed by atoms with E-state index in [2.05, 4.69) is 33.8 Å². The first-order chi connectivity index (χ1) is 14.6. The minimum Gasteiger partial charge on any atom is -0.464 e. The van der Waals surface area contributed by atoms with Gasteiger partial charge in [0.05, 0.1) is 23.6 Å². The lowest BCUT2D eigenvalue weighted by Crippen LogP contribution is -2.19. The molecule has 7 nitrogen and oxygen atoms in total. The molecule has 4 rings (SSSR count). The highest BCUT2D eigenvalue weighted by Gasteiger charge is 2.17.